The molecular formula is C17H27NO3. The number of nitrogens with zero attached hydrogens (tertiary/aromatic N) is 1. The van der Waals surface area contributed by atoms with Gasteiger partial charge in [-0.25, -0.2) is 0 Å². The first-order chi connectivity index (χ1) is 9.86. The van der Waals surface area contributed by atoms with Crippen LogP contribution in [0.3, 0.4) is 0 Å². The first-order valence-corrected chi connectivity index (χ1v) is 7.49. The van der Waals surface area contributed by atoms with Crippen molar-refractivity contribution in [1.82, 2.24) is 4.90 Å². The van der Waals surface area contributed by atoms with E-state index in [2.05, 4.69) is 32.6 Å². The number of rotatable bonds is 8. The molecule has 1 aromatic carbocycles. The van der Waals surface area contributed by atoms with Crippen LogP contribution in [0.15, 0.2) is 24.3 Å². The summed E-state index contributed by atoms with van der Waals surface area (Å²) in [4.78, 5) is 13.9. The minimum atomic E-state index is -0.782. The van der Waals surface area contributed by atoms with Crippen LogP contribution in [0.1, 0.15) is 45.6 Å². The molecule has 0 fully saturated rings. The molecule has 1 unspecified atom stereocenters. The van der Waals surface area contributed by atoms with Crippen LogP contribution in [-0.2, 0) is 4.79 Å². The maximum Gasteiger partial charge on any atom is 0.311 e. The molecule has 0 radical (unpaired) electrons. The van der Waals surface area contributed by atoms with Crippen molar-refractivity contribution in [1.29, 1.82) is 0 Å². The van der Waals surface area contributed by atoms with Crippen molar-refractivity contribution in [2.24, 2.45) is 0 Å². The van der Waals surface area contributed by atoms with E-state index < -0.39 is 11.9 Å². The highest BCUT2D eigenvalue weighted by Crippen LogP contribution is 2.25. The first-order valence-electron chi connectivity index (χ1n) is 7.49. The third-order valence-electron chi connectivity index (χ3n) is 3.80. The number of methoxy groups -OCH3 is 1. The molecule has 1 atom stereocenters. The Hall–Kier alpha value is -1.55. The molecule has 0 spiro atoms. The Labute approximate surface area is 127 Å². The van der Waals surface area contributed by atoms with E-state index in [9.17, 15) is 9.90 Å². The van der Waals surface area contributed by atoms with E-state index in [0.29, 0.717) is 24.3 Å². The van der Waals surface area contributed by atoms with Crippen molar-refractivity contribution in [2.75, 3.05) is 13.7 Å². The number of hydrogen-bond donors (Lipinski definition) is 1. The van der Waals surface area contributed by atoms with Crippen LogP contribution in [0.25, 0.3) is 0 Å². The number of aliphatic carboxylic acids is 1. The summed E-state index contributed by atoms with van der Waals surface area (Å²) in [6.07, 6.45) is 0.596. The number of ether oxygens (including phenoxy) is 1. The quantitative estimate of drug-likeness (QED) is 0.798. The maximum absolute atomic E-state index is 11.6. The number of carbonyl (C=O) groups is 1. The predicted molar refractivity (Wildman–Crippen MR) is 85.0 cm³/mol. The van der Waals surface area contributed by atoms with Crippen molar-refractivity contribution in [2.45, 2.75) is 52.1 Å². The zero-order valence-electron chi connectivity index (χ0n) is 13.7. The molecule has 1 N–H and O–H groups in total. The molecule has 0 aliphatic rings. The average Bonchev–Trinajstić information content (AvgIpc) is 2.42. The number of carboxylic acids is 1. The Kier molecular flexibility index (Phi) is 6.69. The minimum absolute atomic E-state index is 0.407. The van der Waals surface area contributed by atoms with E-state index in [0.717, 1.165) is 12.1 Å². The van der Waals surface area contributed by atoms with Gasteiger partial charge in [-0.3, -0.25) is 9.69 Å². The van der Waals surface area contributed by atoms with Crippen molar-refractivity contribution in [3.8, 4) is 5.75 Å². The van der Waals surface area contributed by atoms with Crippen molar-refractivity contribution < 1.29 is 14.6 Å². The lowest BCUT2D eigenvalue weighted by Gasteiger charge is -2.31. The molecule has 21 heavy (non-hydrogen) atoms. The van der Waals surface area contributed by atoms with Gasteiger partial charge >= 0.3 is 5.97 Å². The van der Waals surface area contributed by atoms with Gasteiger partial charge in [0.05, 0.1) is 13.0 Å². The summed E-state index contributed by atoms with van der Waals surface area (Å²) in [7, 11) is 1.59. The lowest BCUT2D eigenvalue weighted by atomic mass is 9.95. The summed E-state index contributed by atoms with van der Waals surface area (Å²) in [5.74, 6) is -0.584. The van der Waals surface area contributed by atoms with Gasteiger partial charge in [0, 0.05) is 12.1 Å². The maximum atomic E-state index is 11.6. The molecule has 0 bridgehead atoms. The van der Waals surface area contributed by atoms with Crippen molar-refractivity contribution in [3.63, 3.8) is 0 Å². The van der Waals surface area contributed by atoms with Crippen LogP contribution >= 0.6 is 0 Å². The first kappa shape index (κ1) is 17.5. The van der Waals surface area contributed by atoms with Gasteiger partial charge in [0.1, 0.15) is 5.75 Å². The van der Waals surface area contributed by atoms with E-state index in [1.807, 2.05) is 24.3 Å². The summed E-state index contributed by atoms with van der Waals surface area (Å²) < 4.78 is 5.18. The second-order valence-electron chi connectivity index (χ2n) is 5.88. The van der Waals surface area contributed by atoms with Gasteiger partial charge in [0.25, 0.3) is 0 Å². The lowest BCUT2D eigenvalue weighted by molar-refractivity contribution is -0.139. The zero-order chi connectivity index (χ0) is 16.0. The Morgan fingerprint density at radius 3 is 2.33 bits per heavy atom. The number of carboxylic acid groups (broad SMARTS) is 1. The Bertz CT molecular complexity index is 449. The molecule has 4 heteroatoms. The zero-order valence-corrected chi connectivity index (χ0v) is 13.7. The molecule has 0 aromatic heterocycles. The third-order valence-corrected chi connectivity index (χ3v) is 3.80. The molecule has 0 amide bonds. The second-order valence-corrected chi connectivity index (χ2v) is 5.88. The van der Waals surface area contributed by atoms with Crippen LogP contribution in [-0.4, -0.2) is 41.7 Å². The third kappa shape index (κ3) is 5.05. The Morgan fingerprint density at radius 2 is 1.86 bits per heavy atom. The highest BCUT2D eigenvalue weighted by Gasteiger charge is 2.23. The van der Waals surface area contributed by atoms with Gasteiger partial charge in [-0.05, 0) is 58.4 Å². The summed E-state index contributed by atoms with van der Waals surface area (Å²) >= 11 is 0. The smallest absolute Gasteiger partial charge is 0.311 e. The van der Waals surface area contributed by atoms with Gasteiger partial charge in [-0.2, -0.15) is 0 Å². The fourth-order valence-electron chi connectivity index (χ4n) is 2.68. The van der Waals surface area contributed by atoms with Gasteiger partial charge in [-0.15, -0.1) is 0 Å². The fraction of sp³-hybridized carbons (Fsp3) is 0.588. The molecule has 0 saturated heterocycles. The highest BCUT2D eigenvalue weighted by atomic mass is 16.5. The van der Waals surface area contributed by atoms with E-state index in [1.165, 1.54) is 0 Å². The average molecular weight is 293 g/mol. The van der Waals surface area contributed by atoms with E-state index in [4.69, 9.17) is 4.74 Å². The highest BCUT2D eigenvalue weighted by molar-refractivity contribution is 5.76. The van der Waals surface area contributed by atoms with Crippen molar-refractivity contribution >= 4 is 5.97 Å². The molecule has 4 nitrogen and oxygen atoms in total. The largest absolute Gasteiger partial charge is 0.497 e. The SMILES string of the molecule is COc1cccc(C(CCN(C(C)C)C(C)C)C(=O)O)c1. The van der Waals surface area contributed by atoms with Crippen LogP contribution in [0.2, 0.25) is 0 Å². The van der Waals surface area contributed by atoms with Crippen LogP contribution in [0.4, 0.5) is 0 Å². The second kappa shape index (κ2) is 8.03. The summed E-state index contributed by atoms with van der Waals surface area (Å²) in [6.45, 7) is 9.33. The lowest BCUT2D eigenvalue weighted by Crippen LogP contribution is -2.38. The fourth-order valence-corrected chi connectivity index (χ4v) is 2.68. The normalized spacial score (nSPS) is 13.0. The monoisotopic (exact) mass is 293 g/mol. The van der Waals surface area contributed by atoms with Crippen molar-refractivity contribution in [3.05, 3.63) is 29.8 Å². The molecule has 0 aliphatic carbocycles. The van der Waals surface area contributed by atoms with Gasteiger partial charge < -0.3 is 9.84 Å². The van der Waals surface area contributed by atoms with Gasteiger partial charge in [-0.1, -0.05) is 12.1 Å². The molecule has 0 heterocycles. The van der Waals surface area contributed by atoms with Gasteiger partial charge in [0.2, 0.25) is 0 Å². The Balaban J connectivity index is 2.85. The molecule has 1 aromatic rings. The van der Waals surface area contributed by atoms with Crippen LogP contribution in [0, 0.1) is 0 Å². The number of benzene rings is 1. The van der Waals surface area contributed by atoms with E-state index >= 15 is 0 Å². The summed E-state index contributed by atoms with van der Waals surface area (Å²) in [5, 5.41) is 9.52. The van der Waals surface area contributed by atoms with E-state index in [-0.39, 0.29) is 0 Å². The molecule has 0 saturated carbocycles. The minimum Gasteiger partial charge on any atom is -0.497 e. The number of hydrogen-bond acceptors (Lipinski definition) is 3. The summed E-state index contributed by atoms with van der Waals surface area (Å²) in [5.41, 5.74) is 0.800. The van der Waals surface area contributed by atoms with Gasteiger partial charge in [0.15, 0.2) is 0 Å². The Morgan fingerprint density at radius 1 is 1.24 bits per heavy atom. The van der Waals surface area contributed by atoms with Crippen LogP contribution in [0.5, 0.6) is 5.75 Å². The van der Waals surface area contributed by atoms with Crippen LogP contribution < -0.4 is 4.74 Å². The standard InChI is InChI=1S/C17H27NO3/c1-12(2)18(13(3)4)10-9-16(17(19)20)14-7-6-8-15(11-14)21-5/h6-8,11-13,16H,9-10H2,1-5H3,(H,19,20). The molecule has 1 rings (SSSR count). The predicted octanol–water partition coefficient (Wildman–Crippen LogP) is 3.37. The summed E-state index contributed by atoms with van der Waals surface area (Å²) in [6, 6.07) is 8.16. The topological polar surface area (TPSA) is 49.8 Å². The molecule has 118 valence electrons. The molecular weight excluding hydrogens is 266 g/mol. The van der Waals surface area contributed by atoms with E-state index in [1.54, 1.807) is 7.11 Å². The molecule has 0 aliphatic heterocycles.